The van der Waals surface area contributed by atoms with Gasteiger partial charge >= 0.3 is 0 Å². The summed E-state index contributed by atoms with van der Waals surface area (Å²) in [5.41, 5.74) is 1.71. The van der Waals surface area contributed by atoms with Gasteiger partial charge in [0, 0.05) is 20.0 Å². The minimum Gasteiger partial charge on any atom is -0.367 e. The first-order valence-corrected chi connectivity index (χ1v) is 6.99. The fourth-order valence-electron chi connectivity index (χ4n) is 3.25. The maximum Gasteiger partial charge on any atom is 0.180 e. The number of rotatable bonds is 2. The molecule has 4 rings (SSSR count). The molecule has 1 saturated carbocycles. The molecule has 1 spiro atoms. The molecule has 1 aliphatic carbocycles. The molecule has 0 N–H and O–H groups in total. The largest absolute Gasteiger partial charge is 0.367 e. The van der Waals surface area contributed by atoms with Crippen LogP contribution in [-0.2, 0) is 16.1 Å². The summed E-state index contributed by atoms with van der Waals surface area (Å²) in [7, 11) is 1.90. The number of ether oxygens (including phenoxy) is 1. The molecule has 0 amide bonds. The Morgan fingerprint density at radius 1 is 1.40 bits per heavy atom. The molecule has 2 atom stereocenters. The fourth-order valence-corrected chi connectivity index (χ4v) is 3.25. The SMILES string of the molecule is CN1N=C2C(=O)CCC3(CO3)C2N1Cc1ccccc1. The summed E-state index contributed by atoms with van der Waals surface area (Å²) in [6.45, 7) is 1.48. The van der Waals surface area contributed by atoms with E-state index in [9.17, 15) is 4.79 Å². The highest BCUT2D eigenvalue weighted by molar-refractivity contribution is 6.43. The number of ketones is 1. The molecule has 1 aromatic carbocycles. The molecular formula is C15H17N3O2. The molecular weight excluding hydrogens is 254 g/mol. The molecule has 0 radical (unpaired) electrons. The van der Waals surface area contributed by atoms with E-state index in [0.29, 0.717) is 12.1 Å². The van der Waals surface area contributed by atoms with E-state index in [4.69, 9.17) is 4.74 Å². The van der Waals surface area contributed by atoms with Crippen molar-refractivity contribution in [2.24, 2.45) is 5.10 Å². The molecule has 1 aromatic rings. The average Bonchev–Trinajstić information content (AvgIpc) is 3.16. The number of benzene rings is 1. The first kappa shape index (κ1) is 12.1. The number of nitrogens with zero attached hydrogens (tertiary/aromatic N) is 3. The number of hydrazone groups is 1. The van der Waals surface area contributed by atoms with Crippen LogP contribution in [0.3, 0.4) is 0 Å². The quantitative estimate of drug-likeness (QED) is 0.759. The number of epoxide rings is 1. The van der Waals surface area contributed by atoms with Gasteiger partial charge in [0.1, 0.15) is 17.4 Å². The maximum absolute atomic E-state index is 12.1. The highest BCUT2D eigenvalue weighted by atomic mass is 16.6. The second-order valence-corrected chi connectivity index (χ2v) is 5.74. The number of hydrogen-bond acceptors (Lipinski definition) is 5. The van der Waals surface area contributed by atoms with E-state index < -0.39 is 0 Å². The predicted molar refractivity (Wildman–Crippen MR) is 73.9 cm³/mol. The lowest BCUT2D eigenvalue weighted by Crippen LogP contribution is -2.54. The lowest BCUT2D eigenvalue weighted by molar-refractivity contribution is -0.115. The van der Waals surface area contributed by atoms with Gasteiger partial charge in [0.2, 0.25) is 0 Å². The highest BCUT2D eigenvalue weighted by Crippen LogP contribution is 2.45. The van der Waals surface area contributed by atoms with E-state index in [-0.39, 0.29) is 17.4 Å². The van der Waals surface area contributed by atoms with Gasteiger partial charge in [-0.05, 0) is 12.0 Å². The third kappa shape index (κ3) is 1.70. The Balaban J connectivity index is 1.65. The Morgan fingerprint density at radius 2 is 2.15 bits per heavy atom. The summed E-state index contributed by atoms with van der Waals surface area (Å²) in [5.74, 6) is 0.165. The van der Waals surface area contributed by atoms with Crippen molar-refractivity contribution < 1.29 is 9.53 Å². The average molecular weight is 271 g/mol. The summed E-state index contributed by atoms with van der Waals surface area (Å²) in [4.78, 5) is 12.1. The standard InChI is InChI=1S/C15H17N3O2/c1-17-16-13-12(19)7-8-15(10-20-15)14(13)18(17)9-11-5-3-2-4-6-11/h2-6,14H,7-10H2,1H3. The van der Waals surface area contributed by atoms with E-state index in [1.54, 1.807) is 5.12 Å². The zero-order chi connectivity index (χ0) is 13.7. The van der Waals surface area contributed by atoms with Crippen molar-refractivity contribution in [3.05, 3.63) is 35.9 Å². The van der Waals surface area contributed by atoms with Crippen LogP contribution in [0.4, 0.5) is 0 Å². The zero-order valence-electron chi connectivity index (χ0n) is 11.5. The van der Waals surface area contributed by atoms with Gasteiger partial charge in [-0.25, -0.2) is 5.12 Å². The van der Waals surface area contributed by atoms with Gasteiger partial charge in [-0.1, -0.05) is 30.3 Å². The second-order valence-electron chi connectivity index (χ2n) is 5.74. The number of fused-ring (bicyclic) bond motifs is 2. The summed E-state index contributed by atoms with van der Waals surface area (Å²) < 4.78 is 5.71. The topological polar surface area (TPSA) is 48.4 Å². The van der Waals surface area contributed by atoms with Crippen molar-refractivity contribution in [3.63, 3.8) is 0 Å². The predicted octanol–water partition coefficient (Wildman–Crippen LogP) is 1.21. The molecule has 2 unspecified atom stereocenters. The molecule has 2 heterocycles. The lowest BCUT2D eigenvalue weighted by atomic mass is 9.82. The van der Waals surface area contributed by atoms with Crippen LogP contribution in [0, 0.1) is 0 Å². The molecule has 2 fully saturated rings. The van der Waals surface area contributed by atoms with Crippen LogP contribution in [0.5, 0.6) is 0 Å². The first-order valence-electron chi connectivity index (χ1n) is 6.99. The number of carbonyl (C=O) groups is 1. The van der Waals surface area contributed by atoms with Gasteiger partial charge in [-0.15, -0.1) is 0 Å². The molecule has 0 bridgehead atoms. The fraction of sp³-hybridized carbons (Fsp3) is 0.467. The lowest BCUT2D eigenvalue weighted by Gasteiger charge is -2.34. The monoisotopic (exact) mass is 271 g/mol. The summed E-state index contributed by atoms with van der Waals surface area (Å²) in [6.07, 6.45) is 1.37. The zero-order valence-corrected chi connectivity index (χ0v) is 11.5. The molecule has 0 aromatic heterocycles. The van der Waals surface area contributed by atoms with E-state index in [1.807, 2.05) is 25.2 Å². The normalized spacial score (nSPS) is 32.5. The molecule has 20 heavy (non-hydrogen) atoms. The summed E-state index contributed by atoms with van der Waals surface area (Å²) in [6, 6.07) is 10.2. The van der Waals surface area contributed by atoms with Gasteiger partial charge in [0.25, 0.3) is 0 Å². The van der Waals surface area contributed by atoms with Crippen LogP contribution in [0.25, 0.3) is 0 Å². The Kier molecular flexibility index (Phi) is 2.49. The van der Waals surface area contributed by atoms with E-state index >= 15 is 0 Å². The first-order chi connectivity index (χ1) is 9.70. The number of carbonyl (C=O) groups excluding carboxylic acids is 1. The van der Waals surface area contributed by atoms with Crippen molar-refractivity contribution in [3.8, 4) is 0 Å². The van der Waals surface area contributed by atoms with Crippen LogP contribution in [0.1, 0.15) is 18.4 Å². The minimum absolute atomic E-state index is 0.0195. The third-order valence-corrected chi connectivity index (χ3v) is 4.44. The molecule has 104 valence electrons. The molecule has 1 saturated heterocycles. The van der Waals surface area contributed by atoms with Gasteiger partial charge in [0.15, 0.2) is 5.78 Å². The van der Waals surface area contributed by atoms with Gasteiger partial charge in [0.05, 0.1) is 6.61 Å². The van der Waals surface area contributed by atoms with E-state index in [1.165, 1.54) is 5.56 Å². The van der Waals surface area contributed by atoms with Crippen molar-refractivity contribution >= 4 is 11.5 Å². The second kappa shape index (κ2) is 4.14. The van der Waals surface area contributed by atoms with E-state index in [2.05, 4.69) is 22.2 Å². The van der Waals surface area contributed by atoms with Crippen LogP contribution < -0.4 is 0 Å². The van der Waals surface area contributed by atoms with Crippen molar-refractivity contribution in [2.75, 3.05) is 13.7 Å². The number of hydrogen-bond donors (Lipinski definition) is 0. The highest BCUT2D eigenvalue weighted by Gasteiger charge is 2.62. The van der Waals surface area contributed by atoms with E-state index in [0.717, 1.165) is 19.6 Å². The van der Waals surface area contributed by atoms with Gasteiger partial charge < -0.3 is 4.74 Å². The molecule has 5 heteroatoms. The van der Waals surface area contributed by atoms with Gasteiger partial charge in [-0.3, -0.25) is 4.79 Å². The Morgan fingerprint density at radius 3 is 2.85 bits per heavy atom. The molecule has 5 nitrogen and oxygen atoms in total. The minimum atomic E-state index is -0.174. The van der Waals surface area contributed by atoms with Crippen LogP contribution in [-0.4, -0.2) is 46.9 Å². The van der Waals surface area contributed by atoms with Crippen molar-refractivity contribution in [1.82, 2.24) is 10.1 Å². The number of hydrazine groups is 1. The van der Waals surface area contributed by atoms with Crippen molar-refractivity contribution in [2.45, 2.75) is 31.0 Å². The molecule has 3 aliphatic rings. The Bertz CT molecular complexity index is 580. The Labute approximate surface area is 117 Å². The maximum atomic E-state index is 12.1. The summed E-state index contributed by atoms with van der Waals surface area (Å²) in [5, 5.41) is 8.40. The Hall–Kier alpha value is -1.72. The third-order valence-electron chi connectivity index (χ3n) is 4.44. The number of Topliss-reactive ketones (excluding diaryl/α,β-unsaturated/α-hetero) is 1. The van der Waals surface area contributed by atoms with Crippen LogP contribution >= 0.6 is 0 Å². The van der Waals surface area contributed by atoms with Crippen LogP contribution in [0.2, 0.25) is 0 Å². The smallest absolute Gasteiger partial charge is 0.180 e. The summed E-state index contributed by atoms with van der Waals surface area (Å²) >= 11 is 0. The van der Waals surface area contributed by atoms with Crippen molar-refractivity contribution in [1.29, 1.82) is 0 Å². The van der Waals surface area contributed by atoms with Gasteiger partial charge in [-0.2, -0.15) is 10.1 Å². The molecule has 2 aliphatic heterocycles. The van der Waals surface area contributed by atoms with Crippen LogP contribution in [0.15, 0.2) is 35.4 Å².